The number of hydrogen-bond acceptors (Lipinski definition) is 3. The molecule has 1 heterocycles. The Balaban J connectivity index is 2.22. The van der Waals surface area contributed by atoms with E-state index in [9.17, 15) is 5.11 Å². The second-order valence-corrected chi connectivity index (χ2v) is 3.13. The van der Waals surface area contributed by atoms with Gasteiger partial charge in [0.15, 0.2) is 0 Å². The van der Waals surface area contributed by atoms with Gasteiger partial charge in [0.05, 0.1) is 12.2 Å². The van der Waals surface area contributed by atoms with E-state index in [0.29, 0.717) is 0 Å². The summed E-state index contributed by atoms with van der Waals surface area (Å²) in [7, 11) is 0. The highest BCUT2D eigenvalue weighted by molar-refractivity contribution is 7.98. The zero-order valence-corrected chi connectivity index (χ0v) is 6.36. The topological polar surface area (TPSA) is 29.5 Å². The van der Waals surface area contributed by atoms with Crippen molar-refractivity contribution in [3.05, 3.63) is 0 Å². The standard InChI is InChI=1S/C6H12O2S/c1-9-4-6-5(7)2-3-8-6/h5-7H,2-4H2,1H3. The third kappa shape index (κ3) is 1.85. The molecule has 1 aliphatic rings. The Hall–Kier alpha value is 0.270. The van der Waals surface area contributed by atoms with Crippen LogP contribution in [0.5, 0.6) is 0 Å². The molecular weight excluding hydrogens is 136 g/mol. The fraction of sp³-hybridized carbons (Fsp3) is 1.00. The van der Waals surface area contributed by atoms with Crippen LogP contribution in [0.3, 0.4) is 0 Å². The molecule has 9 heavy (non-hydrogen) atoms. The van der Waals surface area contributed by atoms with Crippen molar-refractivity contribution < 1.29 is 9.84 Å². The minimum Gasteiger partial charge on any atom is -0.390 e. The predicted octanol–water partition coefficient (Wildman–Crippen LogP) is 0.499. The van der Waals surface area contributed by atoms with Crippen molar-refractivity contribution in [2.75, 3.05) is 18.6 Å². The van der Waals surface area contributed by atoms with Gasteiger partial charge in [0.1, 0.15) is 0 Å². The quantitative estimate of drug-likeness (QED) is 0.618. The van der Waals surface area contributed by atoms with E-state index in [-0.39, 0.29) is 12.2 Å². The Morgan fingerprint density at radius 1 is 1.78 bits per heavy atom. The minimum absolute atomic E-state index is 0.0972. The Bertz CT molecular complexity index is 87.1. The van der Waals surface area contributed by atoms with Gasteiger partial charge in [0.2, 0.25) is 0 Å². The highest BCUT2D eigenvalue weighted by Gasteiger charge is 2.24. The average Bonchev–Trinajstić information content (AvgIpc) is 2.18. The summed E-state index contributed by atoms with van der Waals surface area (Å²) in [5.41, 5.74) is 0. The molecule has 3 heteroatoms. The normalized spacial score (nSPS) is 35.3. The van der Waals surface area contributed by atoms with Crippen LogP contribution in [0.25, 0.3) is 0 Å². The van der Waals surface area contributed by atoms with Crippen molar-refractivity contribution in [3.8, 4) is 0 Å². The van der Waals surface area contributed by atoms with E-state index in [2.05, 4.69) is 0 Å². The first-order valence-electron chi connectivity index (χ1n) is 3.13. The third-order valence-electron chi connectivity index (χ3n) is 1.51. The van der Waals surface area contributed by atoms with Gasteiger partial charge in [0, 0.05) is 12.4 Å². The first-order chi connectivity index (χ1) is 4.34. The van der Waals surface area contributed by atoms with Crippen LogP contribution in [0.2, 0.25) is 0 Å². The molecule has 0 saturated carbocycles. The lowest BCUT2D eigenvalue weighted by atomic mass is 10.2. The van der Waals surface area contributed by atoms with Crippen molar-refractivity contribution in [3.63, 3.8) is 0 Å². The van der Waals surface area contributed by atoms with E-state index in [1.54, 1.807) is 11.8 Å². The van der Waals surface area contributed by atoms with Crippen molar-refractivity contribution in [1.29, 1.82) is 0 Å². The smallest absolute Gasteiger partial charge is 0.0924 e. The van der Waals surface area contributed by atoms with Gasteiger partial charge in [0.25, 0.3) is 0 Å². The highest BCUT2D eigenvalue weighted by atomic mass is 32.2. The van der Waals surface area contributed by atoms with Crippen molar-refractivity contribution in [2.45, 2.75) is 18.6 Å². The maximum atomic E-state index is 9.18. The monoisotopic (exact) mass is 148 g/mol. The van der Waals surface area contributed by atoms with E-state index >= 15 is 0 Å². The molecule has 1 fully saturated rings. The SMILES string of the molecule is CSCC1OCCC1O. The molecular formula is C6H12O2S. The Kier molecular flexibility index (Phi) is 2.82. The fourth-order valence-electron chi connectivity index (χ4n) is 0.961. The molecule has 2 nitrogen and oxygen atoms in total. The zero-order valence-electron chi connectivity index (χ0n) is 5.54. The Labute approximate surface area is 59.6 Å². The molecule has 0 spiro atoms. The van der Waals surface area contributed by atoms with Gasteiger partial charge in [-0.3, -0.25) is 0 Å². The van der Waals surface area contributed by atoms with Gasteiger partial charge >= 0.3 is 0 Å². The second-order valence-electron chi connectivity index (χ2n) is 2.22. The molecule has 0 amide bonds. The third-order valence-corrected chi connectivity index (χ3v) is 2.17. The molecule has 1 saturated heterocycles. The van der Waals surface area contributed by atoms with Crippen LogP contribution < -0.4 is 0 Å². The van der Waals surface area contributed by atoms with Crippen LogP contribution in [0.15, 0.2) is 0 Å². The lowest BCUT2D eigenvalue weighted by Crippen LogP contribution is -2.22. The summed E-state index contributed by atoms with van der Waals surface area (Å²) in [5.74, 6) is 0.918. The van der Waals surface area contributed by atoms with Crippen LogP contribution in [0, 0.1) is 0 Å². The van der Waals surface area contributed by atoms with Crippen molar-refractivity contribution >= 4 is 11.8 Å². The molecule has 0 bridgehead atoms. The van der Waals surface area contributed by atoms with E-state index in [0.717, 1.165) is 18.8 Å². The Morgan fingerprint density at radius 3 is 3.00 bits per heavy atom. The molecule has 2 unspecified atom stereocenters. The van der Waals surface area contributed by atoms with Crippen LogP contribution in [0.4, 0.5) is 0 Å². The van der Waals surface area contributed by atoms with Gasteiger partial charge in [-0.2, -0.15) is 11.8 Å². The lowest BCUT2D eigenvalue weighted by Gasteiger charge is -2.10. The molecule has 0 aromatic heterocycles. The number of thioether (sulfide) groups is 1. The summed E-state index contributed by atoms with van der Waals surface area (Å²) >= 11 is 1.72. The summed E-state index contributed by atoms with van der Waals surface area (Å²) in [6.45, 7) is 0.729. The van der Waals surface area contributed by atoms with Crippen LogP contribution in [0.1, 0.15) is 6.42 Å². The van der Waals surface area contributed by atoms with Gasteiger partial charge in [-0.25, -0.2) is 0 Å². The lowest BCUT2D eigenvalue weighted by molar-refractivity contribution is 0.0589. The summed E-state index contributed by atoms with van der Waals surface area (Å²) in [5, 5.41) is 9.18. The average molecular weight is 148 g/mol. The predicted molar refractivity (Wildman–Crippen MR) is 38.7 cm³/mol. The second kappa shape index (κ2) is 3.44. The largest absolute Gasteiger partial charge is 0.390 e. The fourth-order valence-corrected chi connectivity index (χ4v) is 1.61. The summed E-state index contributed by atoms with van der Waals surface area (Å²) in [6.07, 6.45) is 2.72. The number of rotatable bonds is 2. The highest BCUT2D eigenvalue weighted by Crippen LogP contribution is 2.16. The molecule has 54 valence electrons. The molecule has 0 radical (unpaired) electrons. The molecule has 0 aromatic carbocycles. The molecule has 0 aromatic rings. The zero-order chi connectivity index (χ0) is 6.69. The van der Waals surface area contributed by atoms with E-state index in [4.69, 9.17) is 4.74 Å². The van der Waals surface area contributed by atoms with Crippen LogP contribution in [-0.4, -0.2) is 35.9 Å². The first kappa shape index (κ1) is 7.38. The summed E-state index contributed by atoms with van der Waals surface area (Å²) in [6, 6.07) is 0. The maximum Gasteiger partial charge on any atom is 0.0924 e. The van der Waals surface area contributed by atoms with E-state index < -0.39 is 0 Å². The molecule has 1 N–H and O–H groups in total. The number of aliphatic hydroxyl groups excluding tert-OH is 1. The number of aliphatic hydroxyl groups is 1. The minimum atomic E-state index is -0.211. The summed E-state index contributed by atoms with van der Waals surface area (Å²) in [4.78, 5) is 0. The number of hydrogen-bond donors (Lipinski definition) is 1. The molecule has 2 atom stereocenters. The van der Waals surface area contributed by atoms with Crippen molar-refractivity contribution in [2.24, 2.45) is 0 Å². The van der Waals surface area contributed by atoms with E-state index in [1.165, 1.54) is 0 Å². The van der Waals surface area contributed by atoms with Gasteiger partial charge < -0.3 is 9.84 Å². The van der Waals surface area contributed by atoms with Gasteiger partial charge in [-0.05, 0) is 12.7 Å². The molecule has 0 aliphatic carbocycles. The van der Waals surface area contributed by atoms with Crippen LogP contribution >= 0.6 is 11.8 Å². The number of ether oxygens (including phenoxy) is 1. The van der Waals surface area contributed by atoms with Crippen LogP contribution in [-0.2, 0) is 4.74 Å². The van der Waals surface area contributed by atoms with Gasteiger partial charge in [-0.15, -0.1) is 0 Å². The molecule has 1 rings (SSSR count). The maximum absolute atomic E-state index is 9.18. The van der Waals surface area contributed by atoms with E-state index in [1.807, 2.05) is 6.26 Å². The van der Waals surface area contributed by atoms with Crippen molar-refractivity contribution in [1.82, 2.24) is 0 Å². The summed E-state index contributed by atoms with van der Waals surface area (Å²) < 4.78 is 5.23. The van der Waals surface area contributed by atoms with Gasteiger partial charge in [-0.1, -0.05) is 0 Å². The molecule has 1 aliphatic heterocycles. The first-order valence-corrected chi connectivity index (χ1v) is 4.52. The Morgan fingerprint density at radius 2 is 2.56 bits per heavy atom.